The Morgan fingerprint density at radius 3 is 2.65 bits per heavy atom. The van der Waals surface area contributed by atoms with Crippen LogP contribution in [0.4, 0.5) is 0 Å². The predicted octanol–water partition coefficient (Wildman–Crippen LogP) is 1.64. The molecule has 23 heavy (non-hydrogen) atoms. The lowest BCUT2D eigenvalue weighted by atomic mass is 10.1. The Morgan fingerprint density at radius 2 is 2.04 bits per heavy atom. The molecule has 1 aliphatic heterocycles. The van der Waals surface area contributed by atoms with Crippen molar-refractivity contribution < 1.29 is 22.7 Å². The number of rotatable bonds is 7. The van der Waals surface area contributed by atoms with Crippen molar-refractivity contribution in [1.82, 2.24) is 4.72 Å². The quantitative estimate of drug-likeness (QED) is 0.815. The van der Waals surface area contributed by atoms with Crippen LogP contribution in [0.1, 0.15) is 31.2 Å². The molecule has 1 saturated heterocycles. The Hall–Kier alpha value is -1.60. The average Bonchev–Trinajstić information content (AvgIpc) is 2.53. The molecule has 0 radical (unpaired) electrons. The van der Waals surface area contributed by atoms with E-state index in [1.165, 1.54) is 0 Å². The molecule has 1 amide bonds. The van der Waals surface area contributed by atoms with E-state index in [9.17, 15) is 13.2 Å². The summed E-state index contributed by atoms with van der Waals surface area (Å²) < 4.78 is 36.5. The van der Waals surface area contributed by atoms with Gasteiger partial charge in [0.25, 0.3) is 0 Å². The van der Waals surface area contributed by atoms with Crippen LogP contribution in [-0.2, 0) is 26.0 Å². The summed E-state index contributed by atoms with van der Waals surface area (Å²) in [4.78, 5) is 11.8. The number of aryl methyl sites for hydroxylation is 1. The smallest absolute Gasteiger partial charge is 0.237 e. The predicted molar refractivity (Wildman–Crippen MR) is 86.8 cm³/mol. The highest BCUT2D eigenvalue weighted by Gasteiger charge is 2.23. The normalized spacial score (nSPS) is 18.4. The summed E-state index contributed by atoms with van der Waals surface area (Å²) in [5.74, 6) is 0.103. The van der Waals surface area contributed by atoms with Gasteiger partial charge in [-0.3, -0.25) is 9.52 Å². The minimum atomic E-state index is -3.64. The fourth-order valence-electron chi connectivity index (χ4n) is 2.50. The van der Waals surface area contributed by atoms with Crippen molar-refractivity contribution in [2.75, 3.05) is 19.5 Å². The maximum atomic E-state index is 12.0. The topological polar surface area (TPSA) is 81.7 Å². The van der Waals surface area contributed by atoms with Crippen LogP contribution in [0, 0.1) is 0 Å². The molecule has 1 aliphatic rings. The summed E-state index contributed by atoms with van der Waals surface area (Å²) in [6.07, 6.45) is 2.94. The molecule has 0 spiro atoms. The summed E-state index contributed by atoms with van der Waals surface area (Å²) >= 11 is 0. The van der Waals surface area contributed by atoms with Crippen molar-refractivity contribution in [3.63, 3.8) is 0 Å². The zero-order valence-electron chi connectivity index (χ0n) is 13.3. The summed E-state index contributed by atoms with van der Waals surface area (Å²) in [5, 5.41) is 0. The highest BCUT2D eigenvalue weighted by atomic mass is 32.2. The molecule has 1 N–H and O–H groups in total. The van der Waals surface area contributed by atoms with Gasteiger partial charge in [0.05, 0.1) is 19.0 Å². The zero-order chi connectivity index (χ0) is 16.7. The minimum Gasteiger partial charge on any atom is -0.497 e. The Labute approximate surface area is 137 Å². The molecule has 6 nitrogen and oxygen atoms in total. The molecule has 0 bridgehead atoms. The van der Waals surface area contributed by atoms with Crippen LogP contribution >= 0.6 is 0 Å². The first kappa shape index (κ1) is 17.7. The molecule has 1 aromatic rings. The molecule has 0 unspecified atom stereocenters. The van der Waals surface area contributed by atoms with Crippen LogP contribution in [0.25, 0.3) is 0 Å². The van der Waals surface area contributed by atoms with Gasteiger partial charge in [0, 0.05) is 13.0 Å². The maximum Gasteiger partial charge on any atom is 0.237 e. The number of hydrogen-bond donors (Lipinski definition) is 1. The van der Waals surface area contributed by atoms with E-state index < -0.39 is 15.9 Å². The third-order valence-corrected chi connectivity index (χ3v) is 5.10. The lowest BCUT2D eigenvalue weighted by molar-refractivity contribution is -0.119. The molecule has 0 aromatic heterocycles. The van der Waals surface area contributed by atoms with Gasteiger partial charge in [-0.05, 0) is 43.4 Å². The van der Waals surface area contributed by atoms with Gasteiger partial charge in [-0.25, -0.2) is 8.42 Å². The van der Waals surface area contributed by atoms with Crippen LogP contribution in [0.5, 0.6) is 5.75 Å². The number of sulfonamides is 1. The number of nitrogens with one attached hydrogen (secondary N) is 1. The number of benzene rings is 1. The third kappa shape index (κ3) is 6.19. The second-order valence-corrected chi connectivity index (χ2v) is 7.41. The lowest BCUT2D eigenvalue weighted by Crippen LogP contribution is -2.38. The average molecular weight is 341 g/mol. The monoisotopic (exact) mass is 341 g/mol. The highest BCUT2D eigenvalue weighted by molar-refractivity contribution is 7.90. The minimum absolute atomic E-state index is 0.122. The number of carbonyl (C=O) groups excluding carboxylic acids is 1. The van der Waals surface area contributed by atoms with E-state index >= 15 is 0 Å². The first-order valence-electron chi connectivity index (χ1n) is 7.76. The molecule has 2 rings (SSSR count). The number of amides is 1. The van der Waals surface area contributed by atoms with Crippen LogP contribution in [-0.4, -0.2) is 39.9 Å². The van der Waals surface area contributed by atoms with Gasteiger partial charge in [-0.2, -0.15) is 0 Å². The van der Waals surface area contributed by atoms with Gasteiger partial charge in [-0.1, -0.05) is 12.1 Å². The van der Waals surface area contributed by atoms with Crippen molar-refractivity contribution >= 4 is 15.9 Å². The Morgan fingerprint density at radius 1 is 1.30 bits per heavy atom. The van der Waals surface area contributed by atoms with E-state index in [1.807, 2.05) is 24.3 Å². The molecule has 1 atom stereocenters. The third-order valence-electron chi connectivity index (χ3n) is 3.75. The summed E-state index contributed by atoms with van der Waals surface area (Å²) in [7, 11) is -2.05. The Kier molecular flexibility index (Phi) is 6.41. The summed E-state index contributed by atoms with van der Waals surface area (Å²) in [6.45, 7) is 0.589. The van der Waals surface area contributed by atoms with Gasteiger partial charge in [0.2, 0.25) is 15.9 Å². The van der Waals surface area contributed by atoms with Crippen molar-refractivity contribution in [2.45, 2.75) is 38.2 Å². The van der Waals surface area contributed by atoms with Crippen LogP contribution in [0.3, 0.4) is 0 Å². The molecule has 7 heteroatoms. The lowest BCUT2D eigenvalue weighted by Gasteiger charge is -2.22. The van der Waals surface area contributed by atoms with Gasteiger partial charge in [0.1, 0.15) is 5.75 Å². The van der Waals surface area contributed by atoms with Crippen molar-refractivity contribution in [3.8, 4) is 5.75 Å². The maximum absolute atomic E-state index is 12.0. The van der Waals surface area contributed by atoms with Gasteiger partial charge in [0.15, 0.2) is 0 Å². The molecule has 0 aliphatic carbocycles. The molecule has 1 fully saturated rings. The van der Waals surface area contributed by atoms with Gasteiger partial charge >= 0.3 is 0 Å². The van der Waals surface area contributed by atoms with Gasteiger partial charge < -0.3 is 9.47 Å². The van der Waals surface area contributed by atoms with Crippen LogP contribution in [0.15, 0.2) is 24.3 Å². The van der Waals surface area contributed by atoms with Gasteiger partial charge in [-0.15, -0.1) is 0 Å². The summed E-state index contributed by atoms with van der Waals surface area (Å²) in [5.41, 5.74) is 0.953. The molecule has 0 saturated carbocycles. The largest absolute Gasteiger partial charge is 0.497 e. The molecule has 128 valence electrons. The Balaban J connectivity index is 1.78. The van der Waals surface area contributed by atoms with E-state index in [4.69, 9.17) is 9.47 Å². The van der Waals surface area contributed by atoms with Crippen molar-refractivity contribution in [2.24, 2.45) is 0 Å². The first-order chi connectivity index (χ1) is 11.0. The van der Waals surface area contributed by atoms with E-state index in [-0.39, 0.29) is 18.3 Å². The fourth-order valence-corrected chi connectivity index (χ4v) is 3.78. The standard InChI is InChI=1S/C16H23NO5S/c1-21-14-8-5-13(6-9-14)7-10-16(18)17-23(19,20)12-15-4-2-3-11-22-15/h5-6,8-9,15H,2-4,7,10-12H2,1H3,(H,17,18)/t15-/m0/s1. The van der Waals surface area contributed by atoms with Crippen molar-refractivity contribution in [1.29, 1.82) is 0 Å². The second kappa shape index (κ2) is 8.31. The Bertz CT molecular complexity index is 606. The molecule has 1 aromatic carbocycles. The zero-order valence-corrected chi connectivity index (χ0v) is 14.1. The van der Waals surface area contributed by atoms with E-state index in [1.54, 1.807) is 7.11 Å². The highest BCUT2D eigenvalue weighted by Crippen LogP contribution is 2.15. The SMILES string of the molecule is COc1ccc(CCC(=O)NS(=O)(=O)C[C@@H]2CCCCO2)cc1. The van der Waals surface area contributed by atoms with E-state index in [0.29, 0.717) is 13.0 Å². The number of methoxy groups -OCH3 is 1. The number of carbonyl (C=O) groups is 1. The number of hydrogen-bond acceptors (Lipinski definition) is 5. The van der Waals surface area contributed by atoms with E-state index in [0.717, 1.165) is 30.6 Å². The number of ether oxygens (including phenoxy) is 2. The van der Waals surface area contributed by atoms with Crippen molar-refractivity contribution in [3.05, 3.63) is 29.8 Å². The molecule has 1 heterocycles. The van der Waals surface area contributed by atoms with Crippen LogP contribution in [0.2, 0.25) is 0 Å². The molecular weight excluding hydrogens is 318 g/mol. The first-order valence-corrected chi connectivity index (χ1v) is 9.41. The summed E-state index contributed by atoms with van der Waals surface area (Å²) in [6, 6.07) is 7.34. The van der Waals surface area contributed by atoms with Crippen LogP contribution < -0.4 is 9.46 Å². The molecular formula is C16H23NO5S. The second-order valence-electron chi connectivity index (χ2n) is 5.64. The fraction of sp³-hybridized carbons (Fsp3) is 0.562. The van der Waals surface area contributed by atoms with E-state index in [2.05, 4.69) is 4.72 Å².